The summed E-state index contributed by atoms with van der Waals surface area (Å²) in [5.41, 5.74) is 0.280. The van der Waals surface area contributed by atoms with E-state index in [-0.39, 0.29) is 41.1 Å². The molecule has 0 aliphatic carbocycles. The van der Waals surface area contributed by atoms with Gasteiger partial charge in [-0.15, -0.1) is 0 Å². The Kier molecular flexibility index (Phi) is 6.83. The minimum absolute atomic E-state index is 0.109. The quantitative estimate of drug-likeness (QED) is 0.710. The molecule has 2 aromatic rings. The van der Waals surface area contributed by atoms with Crippen LogP contribution in [0.3, 0.4) is 0 Å². The Hall–Kier alpha value is -2.79. The molecule has 0 bridgehead atoms. The van der Waals surface area contributed by atoms with Gasteiger partial charge in [-0.1, -0.05) is 0 Å². The highest BCUT2D eigenvalue weighted by molar-refractivity contribution is 7.89. The van der Waals surface area contributed by atoms with Crippen LogP contribution in [-0.4, -0.2) is 50.4 Å². The van der Waals surface area contributed by atoms with Gasteiger partial charge in [0.05, 0.1) is 7.11 Å². The van der Waals surface area contributed by atoms with Crippen LogP contribution in [0.1, 0.15) is 12.8 Å². The summed E-state index contributed by atoms with van der Waals surface area (Å²) in [4.78, 5) is 16.5. The highest BCUT2D eigenvalue weighted by Crippen LogP contribution is 2.32. The molecule has 1 amide bonds. The highest BCUT2D eigenvalue weighted by atomic mass is 32.2. The molecular formula is C19H21F2N3O5S. The van der Waals surface area contributed by atoms with E-state index in [0.29, 0.717) is 12.8 Å². The van der Waals surface area contributed by atoms with Gasteiger partial charge in [0.2, 0.25) is 15.9 Å². The monoisotopic (exact) mass is 441 g/mol. The van der Waals surface area contributed by atoms with Gasteiger partial charge in [-0.3, -0.25) is 9.78 Å². The number of hydrogen-bond donors (Lipinski definition) is 1. The maximum atomic E-state index is 12.6. The molecule has 8 nitrogen and oxygen atoms in total. The van der Waals surface area contributed by atoms with Crippen molar-refractivity contribution in [2.45, 2.75) is 24.3 Å². The molecule has 1 aliphatic rings. The van der Waals surface area contributed by atoms with Gasteiger partial charge in [0, 0.05) is 43.2 Å². The number of sulfonamides is 1. The lowest BCUT2D eigenvalue weighted by molar-refractivity contribution is -0.120. The number of amides is 1. The molecule has 0 radical (unpaired) electrons. The van der Waals surface area contributed by atoms with Crippen molar-refractivity contribution in [3.8, 4) is 11.5 Å². The first-order valence-corrected chi connectivity index (χ1v) is 10.6. The largest absolute Gasteiger partial charge is 0.493 e. The lowest BCUT2D eigenvalue weighted by Crippen LogP contribution is -2.41. The number of benzene rings is 1. The lowest BCUT2D eigenvalue weighted by atomic mass is 9.97. The van der Waals surface area contributed by atoms with Crippen LogP contribution >= 0.6 is 0 Å². The molecular weight excluding hydrogens is 420 g/mol. The number of ether oxygens (including phenoxy) is 2. The van der Waals surface area contributed by atoms with Gasteiger partial charge < -0.3 is 14.8 Å². The van der Waals surface area contributed by atoms with Gasteiger partial charge in [-0.2, -0.15) is 13.1 Å². The summed E-state index contributed by atoms with van der Waals surface area (Å²) in [6.07, 6.45) is 3.45. The van der Waals surface area contributed by atoms with Crippen molar-refractivity contribution in [3.63, 3.8) is 0 Å². The van der Waals surface area contributed by atoms with E-state index in [0.717, 1.165) is 0 Å². The molecule has 1 saturated heterocycles. The second kappa shape index (κ2) is 9.35. The third-order valence-electron chi connectivity index (χ3n) is 4.74. The van der Waals surface area contributed by atoms with E-state index in [1.54, 1.807) is 6.07 Å². The Morgan fingerprint density at radius 3 is 2.57 bits per heavy atom. The minimum Gasteiger partial charge on any atom is -0.493 e. The van der Waals surface area contributed by atoms with E-state index >= 15 is 0 Å². The minimum atomic E-state index is -3.66. The van der Waals surface area contributed by atoms with Crippen molar-refractivity contribution >= 4 is 21.6 Å². The summed E-state index contributed by atoms with van der Waals surface area (Å²) in [5, 5.41) is 2.66. The summed E-state index contributed by atoms with van der Waals surface area (Å²) >= 11 is 0. The maximum Gasteiger partial charge on any atom is 0.387 e. The van der Waals surface area contributed by atoms with Crippen LogP contribution in [0.15, 0.2) is 47.6 Å². The van der Waals surface area contributed by atoms with E-state index in [4.69, 9.17) is 4.74 Å². The lowest BCUT2D eigenvalue weighted by Gasteiger charge is -2.30. The van der Waals surface area contributed by atoms with Crippen LogP contribution in [0.25, 0.3) is 0 Å². The first kappa shape index (κ1) is 21.9. The van der Waals surface area contributed by atoms with Crippen molar-refractivity contribution in [1.82, 2.24) is 9.29 Å². The van der Waals surface area contributed by atoms with Gasteiger partial charge in [-0.05, 0) is 37.1 Å². The van der Waals surface area contributed by atoms with Crippen LogP contribution in [0.2, 0.25) is 0 Å². The summed E-state index contributed by atoms with van der Waals surface area (Å²) in [5.74, 6) is -0.807. The third kappa shape index (κ3) is 5.03. The average molecular weight is 441 g/mol. The fourth-order valence-corrected chi connectivity index (χ4v) is 4.63. The van der Waals surface area contributed by atoms with E-state index < -0.39 is 22.6 Å². The zero-order valence-electron chi connectivity index (χ0n) is 16.1. The number of carbonyl (C=O) groups excluding carboxylic acids is 1. The number of piperidine rings is 1. The number of halogens is 2. The molecule has 0 saturated carbocycles. The Morgan fingerprint density at radius 1 is 1.23 bits per heavy atom. The molecule has 3 rings (SSSR count). The first-order chi connectivity index (χ1) is 14.3. The number of aromatic nitrogens is 1. The Bertz CT molecular complexity index is 981. The summed E-state index contributed by atoms with van der Waals surface area (Å²) < 4.78 is 61.1. The van der Waals surface area contributed by atoms with Crippen molar-refractivity contribution in [2.24, 2.45) is 5.92 Å². The van der Waals surface area contributed by atoms with Crippen molar-refractivity contribution in [1.29, 1.82) is 0 Å². The number of carbonyl (C=O) groups is 1. The molecule has 30 heavy (non-hydrogen) atoms. The number of hydrogen-bond acceptors (Lipinski definition) is 6. The zero-order valence-corrected chi connectivity index (χ0v) is 16.9. The standard InChI is InChI=1S/C19H21F2N3O5S/c1-28-16-5-4-14(11-17(16)29-19(20)21)23-18(25)13-6-9-24(10-7-13)30(26,27)15-3-2-8-22-12-15/h2-5,8,11-13,19H,6-7,9-10H2,1H3,(H,23,25). The van der Waals surface area contributed by atoms with Crippen molar-refractivity contribution in [2.75, 3.05) is 25.5 Å². The van der Waals surface area contributed by atoms with Crippen LogP contribution in [0.5, 0.6) is 11.5 Å². The number of nitrogens with one attached hydrogen (secondary N) is 1. The van der Waals surface area contributed by atoms with Gasteiger partial charge in [0.25, 0.3) is 0 Å². The molecule has 11 heteroatoms. The van der Waals surface area contributed by atoms with E-state index in [1.807, 2.05) is 0 Å². The predicted octanol–water partition coefficient (Wildman–Crippen LogP) is 2.73. The van der Waals surface area contributed by atoms with Crippen molar-refractivity contribution in [3.05, 3.63) is 42.7 Å². The molecule has 1 N–H and O–H groups in total. The van der Waals surface area contributed by atoms with Crippen LogP contribution in [0, 0.1) is 5.92 Å². The Balaban J connectivity index is 1.62. The van der Waals surface area contributed by atoms with E-state index in [2.05, 4.69) is 15.0 Å². The van der Waals surface area contributed by atoms with Gasteiger partial charge in [0.1, 0.15) is 4.90 Å². The zero-order chi connectivity index (χ0) is 21.7. The fourth-order valence-electron chi connectivity index (χ4n) is 3.19. The van der Waals surface area contributed by atoms with Gasteiger partial charge >= 0.3 is 6.61 Å². The SMILES string of the molecule is COc1ccc(NC(=O)C2CCN(S(=O)(=O)c3cccnc3)CC2)cc1OC(F)F. The highest BCUT2D eigenvalue weighted by Gasteiger charge is 2.32. The Labute approximate surface area is 172 Å². The third-order valence-corrected chi connectivity index (χ3v) is 6.63. The molecule has 0 atom stereocenters. The topological polar surface area (TPSA) is 97.8 Å². The average Bonchev–Trinajstić information content (AvgIpc) is 2.74. The molecule has 0 unspecified atom stereocenters. The second-order valence-corrected chi connectivity index (χ2v) is 8.54. The molecule has 1 aliphatic heterocycles. The number of pyridine rings is 1. The van der Waals surface area contributed by atoms with Gasteiger partial charge in [-0.25, -0.2) is 8.42 Å². The van der Waals surface area contributed by atoms with E-state index in [1.165, 1.54) is 48.1 Å². The normalized spacial score (nSPS) is 15.7. The molecule has 162 valence electrons. The molecule has 1 fully saturated rings. The van der Waals surface area contributed by atoms with Gasteiger partial charge in [0.15, 0.2) is 11.5 Å². The predicted molar refractivity (Wildman–Crippen MR) is 104 cm³/mol. The molecule has 1 aromatic heterocycles. The van der Waals surface area contributed by atoms with Crippen LogP contribution < -0.4 is 14.8 Å². The number of rotatable bonds is 7. The Morgan fingerprint density at radius 2 is 1.97 bits per heavy atom. The van der Waals surface area contributed by atoms with Crippen LogP contribution in [-0.2, 0) is 14.8 Å². The summed E-state index contributed by atoms with van der Waals surface area (Å²) in [6, 6.07) is 7.20. The fraction of sp³-hybridized carbons (Fsp3) is 0.368. The first-order valence-electron chi connectivity index (χ1n) is 9.15. The van der Waals surface area contributed by atoms with E-state index in [9.17, 15) is 22.0 Å². The molecule has 2 heterocycles. The summed E-state index contributed by atoms with van der Waals surface area (Å²) in [6.45, 7) is -2.65. The summed E-state index contributed by atoms with van der Waals surface area (Å²) in [7, 11) is -2.34. The maximum absolute atomic E-state index is 12.6. The number of methoxy groups -OCH3 is 1. The molecule has 0 spiro atoms. The number of anilines is 1. The smallest absolute Gasteiger partial charge is 0.387 e. The van der Waals surface area contributed by atoms with Crippen LogP contribution in [0.4, 0.5) is 14.5 Å². The number of nitrogens with zero attached hydrogens (tertiary/aromatic N) is 2. The van der Waals surface area contributed by atoms with Crippen molar-refractivity contribution < 1.29 is 31.5 Å². The number of alkyl halides is 2. The molecule has 1 aromatic carbocycles. The second-order valence-electron chi connectivity index (χ2n) is 6.60.